The van der Waals surface area contributed by atoms with Crippen LogP contribution in [-0.2, 0) is 0 Å². The zero-order chi connectivity index (χ0) is 10.8. The average Bonchev–Trinajstić information content (AvgIpc) is 2.61. The fourth-order valence-corrected chi connectivity index (χ4v) is 2.68. The monoisotopic (exact) mass is 268 g/mol. The average molecular weight is 269 g/mol. The summed E-state index contributed by atoms with van der Waals surface area (Å²) in [5.41, 5.74) is 7.23. The van der Waals surface area contributed by atoms with Gasteiger partial charge in [-0.05, 0) is 37.2 Å². The predicted octanol–water partition coefficient (Wildman–Crippen LogP) is 2.05. The number of hydrogen-bond acceptors (Lipinski definition) is 2. The second kappa shape index (κ2) is 4.64. The summed E-state index contributed by atoms with van der Waals surface area (Å²) in [7, 11) is 2.17. The highest BCUT2D eigenvalue weighted by Gasteiger charge is 2.30. The first-order valence-corrected chi connectivity index (χ1v) is 6.14. The van der Waals surface area contributed by atoms with Crippen LogP contribution >= 0.6 is 15.9 Å². The van der Waals surface area contributed by atoms with Crippen LogP contribution in [0, 0.1) is 5.92 Å². The summed E-state index contributed by atoms with van der Waals surface area (Å²) in [6.07, 6.45) is 0. The molecule has 1 aliphatic heterocycles. The van der Waals surface area contributed by atoms with Gasteiger partial charge in [-0.1, -0.05) is 28.1 Å². The molecule has 0 radical (unpaired) electrons. The molecule has 1 aromatic rings. The summed E-state index contributed by atoms with van der Waals surface area (Å²) in [5.74, 6) is 1.21. The molecule has 0 aliphatic carbocycles. The largest absolute Gasteiger partial charge is 0.330 e. The van der Waals surface area contributed by atoms with Crippen LogP contribution in [0.2, 0.25) is 0 Å². The molecule has 1 fully saturated rings. The van der Waals surface area contributed by atoms with Crippen LogP contribution in [0.25, 0.3) is 0 Å². The molecule has 1 saturated heterocycles. The van der Waals surface area contributed by atoms with Gasteiger partial charge in [0.25, 0.3) is 0 Å². The number of hydrogen-bond donors (Lipinski definition) is 1. The van der Waals surface area contributed by atoms with Gasteiger partial charge in [0.1, 0.15) is 0 Å². The van der Waals surface area contributed by atoms with E-state index in [0.29, 0.717) is 11.8 Å². The number of nitrogens with zero attached hydrogens (tertiary/aromatic N) is 1. The van der Waals surface area contributed by atoms with Gasteiger partial charge in [-0.2, -0.15) is 0 Å². The van der Waals surface area contributed by atoms with Crippen molar-refractivity contribution in [2.45, 2.75) is 5.92 Å². The Kier molecular flexibility index (Phi) is 3.44. The summed E-state index contributed by atoms with van der Waals surface area (Å²) >= 11 is 3.46. The van der Waals surface area contributed by atoms with Gasteiger partial charge in [-0.3, -0.25) is 0 Å². The molecule has 0 amide bonds. The summed E-state index contributed by atoms with van der Waals surface area (Å²) in [5, 5.41) is 0. The van der Waals surface area contributed by atoms with E-state index >= 15 is 0 Å². The van der Waals surface area contributed by atoms with Gasteiger partial charge in [0.2, 0.25) is 0 Å². The maximum absolute atomic E-state index is 5.82. The summed E-state index contributed by atoms with van der Waals surface area (Å²) in [6.45, 7) is 3.03. The van der Waals surface area contributed by atoms with E-state index < -0.39 is 0 Å². The molecule has 0 bridgehead atoms. The smallest absolute Gasteiger partial charge is 0.0175 e. The molecule has 0 spiro atoms. The Morgan fingerprint density at radius 1 is 1.33 bits per heavy atom. The number of rotatable bonds is 2. The Hall–Kier alpha value is -0.380. The summed E-state index contributed by atoms with van der Waals surface area (Å²) < 4.78 is 1.14. The molecule has 2 atom stereocenters. The quantitative estimate of drug-likeness (QED) is 0.890. The number of nitrogens with two attached hydrogens (primary N) is 1. The third kappa shape index (κ3) is 2.41. The second-order valence-electron chi connectivity index (χ2n) is 4.38. The Morgan fingerprint density at radius 3 is 2.60 bits per heavy atom. The molecule has 2 N–H and O–H groups in total. The Labute approximate surface area is 99.6 Å². The van der Waals surface area contributed by atoms with Crippen molar-refractivity contribution in [2.75, 3.05) is 26.7 Å². The first kappa shape index (κ1) is 11.1. The van der Waals surface area contributed by atoms with Crippen LogP contribution in [0.1, 0.15) is 11.5 Å². The fourth-order valence-electron chi connectivity index (χ4n) is 2.41. The van der Waals surface area contributed by atoms with Crippen molar-refractivity contribution in [3.8, 4) is 0 Å². The zero-order valence-electron chi connectivity index (χ0n) is 8.99. The van der Waals surface area contributed by atoms with Gasteiger partial charge < -0.3 is 10.6 Å². The lowest BCUT2D eigenvalue weighted by atomic mass is 9.89. The van der Waals surface area contributed by atoms with E-state index in [1.54, 1.807) is 0 Å². The molecule has 3 heteroatoms. The van der Waals surface area contributed by atoms with E-state index in [1.807, 2.05) is 0 Å². The first-order valence-electron chi connectivity index (χ1n) is 5.35. The van der Waals surface area contributed by atoms with Gasteiger partial charge in [-0.15, -0.1) is 0 Å². The minimum atomic E-state index is 0.605. The number of likely N-dealkylation sites (N-methyl/N-ethyl adjacent to an activating group) is 1. The molecule has 82 valence electrons. The van der Waals surface area contributed by atoms with E-state index in [9.17, 15) is 0 Å². The lowest BCUT2D eigenvalue weighted by Gasteiger charge is -2.16. The molecular formula is C12H17BrN2. The minimum absolute atomic E-state index is 0.605. The molecule has 0 aromatic heterocycles. The standard InChI is InChI=1S/C12H17BrN2/c1-15-7-10(6-14)12(8-15)9-2-4-11(13)5-3-9/h2-5,10,12H,6-8,14H2,1H3/t10-,12-/m0/s1. The van der Waals surface area contributed by atoms with Gasteiger partial charge in [0.05, 0.1) is 0 Å². The Bertz CT molecular complexity index is 323. The lowest BCUT2D eigenvalue weighted by molar-refractivity contribution is 0.397. The zero-order valence-corrected chi connectivity index (χ0v) is 10.6. The Morgan fingerprint density at radius 2 is 2.00 bits per heavy atom. The van der Waals surface area contributed by atoms with Crippen molar-refractivity contribution >= 4 is 15.9 Å². The van der Waals surface area contributed by atoms with E-state index in [4.69, 9.17) is 5.73 Å². The van der Waals surface area contributed by atoms with Crippen LogP contribution in [0.5, 0.6) is 0 Å². The normalized spacial score (nSPS) is 27.1. The van der Waals surface area contributed by atoms with E-state index in [0.717, 1.165) is 24.1 Å². The van der Waals surface area contributed by atoms with E-state index in [1.165, 1.54) is 5.56 Å². The molecule has 1 aromatic carbocycles. The molecular weight excluding hydrogens is 252 g/mol. The van der Waals surface area contributed by atoms with Crippen molar-refractivity contribution in [1.82, 2.24) is 4.90 Å². The van der Waals surface area contributed by atoms with Gasteiger partial charge in [0.15, 0.2) is 0 Å². The van der Waals surface area contributed by atoms with Gasteiger partial charge in [-0.25, -0.2) is 0 Å². The maximum atomic E-state index is 5.82. The van der Waals surface area contributed by atoms with E-state index in [2.05, 4.69) is 52.1 Å². The molecule has 0 unspecified atom stereocenters. The molecule has 2 nitrogen and oxygen atoms in total. The number of benzene rings is 1. The SMILES string of the molecule is CN1C[C@H](CN)[C@H](c2ccc(Br)cc2)C1. The molecule has 1 aliphatic rings. The lowest BCUT2D eigenvalue weighted by Crippen LogP contribution is -2.21. The van der Waals surface area contributed by atoms with E-state index in [-0.39, 0.29) is 0 Å². The highest BCUT2D eigenvalue weighted by Crippen LogP contribution is 2.31. The van der Waals surface area contributed by atoms with Crippen molar-refractivity contribution < 1.29 is 0 Å². The number of likely N-dealkylation sites (tertiary alicyclic amines) is 1. The third-order valence-electron chi connectivity index (χ3n) is 3.22. The van der Waals surface area contributed by atoms with Crippen molar-refractivity contribution in [2.24, 2.45) is 11.7 Å². The first-order chi connectivity index (χ1) is 7.20. The number of halogens is 1. The fraction of sp³-hybridized carbons (Fsp3) is 0.500. The maximum Gasteiger partial charge on any atom is 0.0175 e. The predicted molar refractivity (Wildman–Crippen MR) is 66.9 cm³/mol. The molecule has 1 heterocycles. The second-order valence-corrected chi connectivity index (χ2v) is 5.29. The molecule has 2 rings (SSSR count). The molecule has 0 saturated carbocycles. The van der Waals surface area contributed by atoms with Crippen LogP contribution in [0.4, 0.5) is 0 Å². The van der Waals surface area contributed by atoms with Crippen molar-refractivity contribution in [3.05, 3.63) is 34.3 Å². The van der Waals surface area contributed by atoms with Crippen LogP contribution < -0.4 is 5.73 Å². The molecule has 15 heavy (non-hydrogen) atoms. The van der Waals surface area contributed by atoms with Crippen LogP contribution in [0.3, 0.4) is 0 Å². The summed E-state index contributed by atoms with van der Waals surface area (Å²) in [6, 6.07) is 8.63. The topological polar surface area (TPSA) is 29.3 Å². The van der Waals surface area contributed by atoms with Gasteiger partial charge in [0, 0.05) is 23.5 Å². The minimum Gasteiger partial charge on any atom is -0.330 e. The van der Waals surface area contributed by atoms with Crippen LogP contribution in [-0.4, -0.2) is 31.6 Å². The Balaban J connectivity index is 2.19. The van der Waals surface area contributed by atoms with Crippen LogP contribution in [0.15, 0.2) is 28.7 Å². The highest BCUT2D eigenvalue weighted by molar-refractivity contribution is 9.10. The summed E-state index contributed by atoms with van der Waals surface area (Å²) in [4.78, 5) is 2.37. The third-order valence-corrected chi connectivity index (χ3v) is 3.75. The van der Waals surface area contributed by atoms with Crippen molar-refractivity contribution in [3.63, 3.8) is 0 Å². The van der Waals surface area contributed by atoms with Crippen molar-refractivity contribution in [1.29, 1.82) is 0 Å². The van der Waals surface area contributed by atoms with Gasteiger partial charge >= 0.3 is 0 Å². The highest BCUT2D eigenvalue weighted by atomic mass is 79.9.